The van der Waals surface area contributed by atoms with Gasteiger partial charge in [-0.25, -0.2) is 8.42 Å². The summed E-state index contributed by atoms with van der Waals surface area (Å²) in [5.41, 5.74) is 2.37. The number of nitrogens with zero attached hydrogens (tertiary/aromatic N) is 1. The number of nitrogens with one attached hydrogen (secondary N) is 2. The van der Waals surface area contributed by atoms with Crippen LogP contribution in [0.3, 0.4) is 0 Å². The van der Waals surface area contributed by atoms with Crippen LogP contribution in [0.25, 0.3) is 0 Å². The minimum atomic E-state index is -3.66. The van der Waals surface area contributed by atoms with Crippen LogP contribution >= 0.6 is 11.6 Å². The van der Waals surface area contributed by atoms with Gasteiger partial charge in [0.15, 0.2) is 0 Å². The summed E-state index contributed by atoms with van der Waals surface area (Å²) in [5.74, 6) is -1.48. The minimum absolute atomic E-state index is 0.200. The third-order valence-electron chi connectivity index (χ3n) is 5.68. The topological polar surface area (TPSA) is 95.6 Å². The van der Waals surface area contributed by atoms with Gasteiger partial charge in [0.2, 0.25) is 10.0 Å². The molecule has 2 aromatic carbocycles. The minimum Gasteiger partial charge on any atom is -0.348 e. The lowest BCUT2D eigenvalue weighted by Gasteiger charge is -2.34. The Kier molecular flexibility index (Phi) is 7.92. The van der Waals surface area contributed by atoms with Gasteiger partial charge >= 0.3 is 11.8 Å². The number of amides is 2. The summed E-state index contributed by atoms with van der Waals surface area (Å²) in [4.78, 5) is 24.8. The molecule has 1 atom stereocenters. The Labute approximate surface area is 194 Å². The fourth-order valence-electron chi connectivity index (χ4n) is 3.94. The predicted molar refractivity (Wildman–Crippen MR) is 125 cm³/mol. The zero-order valence-corrected chi connectivity index (χ0v) is 19.8. The molecule has 0 aromatic heterocycles. The maximum atomic E-state index is 13.1. The number of sulfonamides is 1. The molecular formula is C23H28ClN3O4S. The molecule has 0 bridgehead atoms. The van der Waals surface area contributed by atoms with Gasteiger partial charge in [0.25, 0.3) is 0 Å². The summed E-state index contributed by atoms with van der Waals surface area (Å²) >= 11 is 5.89. The predicted octanol–water partition coefficient (Wildman–Crippen LogP) is 3.65. The largest absolute Gasteiger partial charge is 0.348 e. The number of carbonyl (C=O) groups is 2. The van der Waals surface area contributed by atoms with Crippen molar-refractivity contribution in [3.05, 3.63) is 58.6 Å². The second-order valence-corrected chi connectivity index (χ2v) is 10.3. The maximum Gasteiger partial charge on any atom is 0.313 e. The number of piperidine rings is 1. The lowest BCUT2D eigenvalue weighted by molar-refractivity contribution is -0.136. The third kappa shape index (κ3) is 5.68. The number of rotatable bonds is 6. The van der Waals surface area contributed by atoms with Gasteiger partial charge in [-0.2, -0.15) is 4.31 Å². The van der Waals surface area contributed by atoms with Crippen LogP contribution in [0, 0.1) is 13.8 Å². The molecule has 1 unspecified atom stereocenters. The first-order valence-corrected chi connectivity index (χ1v) is 12.4. The number of para-hydroxylation sites is 1. The Morgan fingerprint density at radius 3 is 2.34 bits per heavy atom. The van der Waals surface area contributed by atoms with Crippen LogP contribution in [0.2, 0.25) is 5.02 Å². The van der Waals surface area contributed by atoms with Crippen LogP contribution in [0.15, 0.2) is 47.4 Å². The molecule has 1 heterocycles. The van der Waals surface area contributed by atoms with Crippen molar-refractivity contribution in [1.29, 1.82) is 0 Å². The Balaban J connectivity index is 1.59. The van der Waals surface area contributed by atoms with E-state index in [1.54, 1.807) is 12.1 Å². The van der Waals surface area contributed by atoms with Crippen molar-refractivity contribution in [2.24, 2.45) is 0 Å². The molecule has 1 aliphatic rings. The first kappa shape index (κ1) is 24.2. The molecule has 1 aliphatic heterocycles. The molecule has 2 amide bonds. The van der Waals surface area contributed by atoms with E-state index in [2.05, 4.69) is 10.6 Å². The molecule has 2 aromatic rings. The van der Waals surface area contributed by atoms with E-state index in [4.69, 9.17) is 11.6 Å². The van der Waals surface area contributed by atoms with Gasteiger partial charge in [0.1, 0.15) is 0 Å². The SMILES string of the molecule is Cc1cccc(C)c1NC(=O)C(=O)NCCC1CCCCN1S(=O)(=O)c1ccc(Cl)cc1. The molecule has 3 rings (SSSR count). The summed E-state index contributed by atoms with van der Waals surface area (Å²) in [6.45, 7) is 4.35. The van der Waals surface area contributed by atoms with Gasteiger partial charge in [0.05, 0.1) is 4.90 Å². The van der Waals surface area contributed by atoms with Crippen molar-refractivity contribution in [2.45, 2.75) is 50.5 Å². The van der Waals surface area contributed by atoms with E-state index in [0.29, 0.717) is 30.1 Å². The fraction of sp³-hybridized carbons (Fsp3) is 0.391. The van der Waals surface area contributed by atoms with Crippen LogP contribution in [-0.4, -0.2) is 43.7 Å². The van der Waals surface area contributed by atoms with E-state index in [-0.39, 0.29) is 17.5 Å². The van der Waals surface area contributed by atoms with Crippen LogP contribution in [0.4, 0.5) is 5.69 Å². The van der Waals surface area contributed by atoms with E-state index in [0.717, 1.165) is 24.0 Å². The third-order valence-corrected chi connectivity index (χ3v) is 7.90. The van der Waals surface area contributed by atoms with Crippen molar-refractivity contribution in [2.75, 3.05) is 18.4 Å². The molecule has 0 saturated carbocycles. The number of aryl methyl sites for hydroxylation is 2. The molecule has 1 saturated heterocycles. The Morgan fingerprint density at radius 1 is 1.03 bits per heavy atom. The van der Waals surface area contributed by atoms with Gasteiger partial charge < -0.3 is 10.6 Å². The van der Waals surface area contributed by atoms with Gasteiger partial charge in [0, 0.05) is 29.8 Å². The summed E-state index contributed by atoms with van der Waals surface area (Å²) in [6, 6.07) is 11.5. The van der Waals surface area contributed by atoms with Crippen molar-refractivity contribution in [1.82, 2.24) is 9.62 Å². The van der Waals surface area contributed by atoms with E-state index < -0.39 is 21.8 Å². The molecule has 172 valence electrons. The summed E-state index contributed by atoms with van der Waals surface area (Å²) in [7, 11) is -3.66. The molecular weight excluding hydrogens is 450 g/mol. The first-order valence-electron chi connectivity index (χ1n) is 10.6. The second kappa shape index (κ2) is 10.5. The van der Waals surface area contributed by atoms with Crippen molar-refractivity contribution in [3.63, 3.8) is 0 Å². The second-order valence-electron chi connectivity index (χ2n) is 7.98. The van der Waals surface area contributed by atoms with Crippen molar-refractivity contribution in [3.8, 4) is 0 Å². The van der Waals surface area contributed by atoms with Crippen molar-refractivity contribution < 1.29 is 18.0 Å². The van der Waals surface area contributed by atoms with Gasteiger partial charge in [-0.1, -0.05) is 36.2 Å². The Morgan fingerprint density at radius 2 is 1.69 bits per heavy atom. The molecule has 7 nitrogen and oxygen atoms in total. The lowest BCUT2D eigenvalue weighted by Crippen LogP contribution is -2.45. The number of carbonyl (C=O) groups excluding carboxylic acids is 2. The zero-order valence-electron chi connectivity index (χ0n) is 18.2. The number of anilines is 1. The number of hydrogen-bond acceptors (Lipinski definition) is 4. The number of benzene rings is 2. The van der Waals surface area contributed by atoms with E-state index in [9.17, 15) is 18.0 Å². The molecule has 2 N–H and O–H groups in total. The molecule has 1 fully saturated rings. The monoisotopic (exact) mass is 477 g/mol. The Hall–Kier alpha value is -2.42. The van der Waals surface area contributed by atoms with Gasteiger partial charge in [-0.15, -0.1) is 0 Å². The van der Waals surface area contributed by atoms with Gasteiger partial charge in [-0.05, 0) is 68.5 Å². The van der Waals surface area contributed by atoms with E-state index in [1.165, 1.54) is 16.4 Å². The smallest absolute Gasteiger partial charge is 0.313 e. The number of hydrogen-bond donors (Lipinski definition) is 2. The highest BCUT2D eigenvalue weighted by molar-refractivity contribution is 7.89. The standard InChI is InChI=1S/C23H28ClN3O4S/c1-16-6-5-7-17(2)21(16)26-23(29)22(28)25-14-13-19-8-3-4-15-27(19)32(30,31)20-11-9-18(24)10-12-20/h5-7,9-12,19H,3-4,8,13-15H2,1-2H3,(H,25,28)(H,26,29). The summed E-state index contributed by atoms with van der Waals surface area (Å²) < 4.78 is 27.7. The summed E-state index contributed by atoms with van der Waals surface area (Å²) in [5, 5.41) is 5.75. The highest BCUT2D eigenvalue weighted by Crippen LogP contribution is 2.27. The van der Waals surface area contributed by atoms with Crippen LogP contribution in [0.1, 0.15) is 36.8 Å². The Bertz CT molecular complexity index is 1070. The first-order chi connectivity index (χ1) is 15.2. The van der Waals surface area contributed by atoms with Crippen LogP contribution in [0.5, 0.6) is 0 Å². The van der Waals surface area contributed by atoms with Crippen molar-refractivity contribution >= 4 is 39.1 Å². The maximum absolute atomic E-state index is 13.1. The van der Waals surface area contributed by atoms with Crippen LogP contribution < -0.4 is 10.6 Å². The normalized spacial score (nSPS) is 17.0. The van der Waals surface area contributed by atoms with E-state index >= 15 is 0 Å². The molecule has 32 heavy (non-hydrogen) atoms. The summed E-state index contributed by atoms with van der Waals surface area (Å²) in [6.07, 6.45) is 2.83. The number of halogens is 1. The van der Waals surface area contributed by atoms with Crippen LogP contribution in [-0.2, 0) is 19.6 Å². The highest BCUT2D eigenvalue weighted by atomic mass is 35.5. The van der Waals surface area contributed by atoms with Gasteiger partial charge in [-0.3, -0.25) is 9.59 Å². The lowest BCUT2D eigenvalue weighted by atomic mass is 10.0. The average molecular weight is 478 g/mol. The molecule has 9 heteroatoms. The average Bonchev–Trinajstić information content (AvgIpc) is 2.76. The van der Waals surface area contributed by atoms with E-state index in [1.807, 2.05) is 32.0 Å². The molecule has 0 aliphatic carbocycles. The zero-order chi connectivity index (χ0) is 23.3. The quantitative estimate of drug-likeness (QED) is 0.621. The molecule has 0 spiro atoms. The highest BCUT2D eigenvalue weighted by Gasteiger charge is 2.33. The fourth-order valence-corrected chi connectivity index (χ4v) is 5.78. The molecule has 0 radical (unpaired) electrons.